The number of hydrogen-bond donors (Lipinski definition) is 2. The van der Waals surface area contributed by atoms with Crippen molar-refractivity contribution in [2.75, 3.05) is 182 Å². The van der Waals surface area contributed by atoms with Crippen LogP contribution >= 0.6 is 0 Å². The molecule has 82 heavy (non-hydrogen) atoms. The summed E-state index contributed by atoms with van der Waals surface area (Å²) in [5, 5.41) is 10.7. The Morgan fingerprint density at radius 3 is 1.55 bits per heavy atom. The number of nitrogens with one attached hydrogen (secondary N) is 2. The summed E-state index contributed by atoms with van der Waals surface area (Å²) in [7, 11) is 6.79. The molecule has 0 radical (unpaired) electrons. The Morgan fingerprint density at radius 2 is 1.12 bits per heavy atom. The predicted molar refractivity (Wildman–Crippen MR) is 306 cm³/mol. The predicted octanol–water partition coefficient (Wildman–Crippen LogP) is 3.34. The normalized spacial score (nSPS) is 19.5. The molecule has 7 aliphatic heterocycles. The first-order chi connectivity index (χ1) is 39.2. The van der Waals surface area contributed by atoms with Crippen LogP contribution in [0.5, 0.6) is 0 Å². The van der Waals surface area contributed by atoms with Crippen molar-refractivity contribution in [2.24, 2.45) is 30.7 Å². The summed E-state index contributed by atoms with van der Waals surface area (Å²) in [6.07, 6.45) is 6.24. The molecule has 9 heterocycles. The maximum Gasteiger partial charge on any atom is 0.410 e. The van der Waals surface area contributed by atoms with Crippen molar-refractivity contribution in [2.45, 2.75) is 71.1 Å². The van der Waals surface area contributed by atoms with Crippen molar-refractivity contribution in [1.29, 1.82) is 0 Å². The van der Waals surface area contributed by atoms with Gasteiger partial charge in [-0.1, -0.05) is 0 Å². The van der Waals surface area contributed by atoms with E-state index in [1.807, 2.05) is 41.5 Å². The smallest absolute Gasteiger partial charge is 0.410 e. The van der Waals surface area contributed by atoms with Crippen LogP contribution in [-0.4, -0.2) is 270 Å². The van der Waals surface area contributed by atoms with Crippen LogP contribution in [0, 0.1) is 29.5 Å². The number of likely N-dealkylation sites (tertiary alicyclic amines) is 5. The average molecular weight is 1160 g/mol. The van der Waals surface area contributed by atoms with Gasteiger partial charge in [0.1, 0.15) is 34.5 Å². The van der Waals surface area contributed by atoms with Gasteiger partial charge in [0.05, 0.1) is 76.3 Å². The maximum atomic E-state index is 14.2. The zero-order valence-corrected chi connectivity index (χ0v) is 50.0. The van der Waals surface area contributed by atoms with Gasteiger partial charge in [-0.15, -0.1) is 0 Å². The Morgan fingerprint density at radius 1 is 0.646 bits per heavy atom. The molecule has 3 aromatic rings. The van der Waals surface area contributed by atoms with E-state index in [0.29, 0.717) is 87.3 Å². The molecule has 458 valence electrons. The van der Waals surface area contributed by atoms with Gasteiger partial charge in [0.25, 0.3) is 5.91 Å². The van der Waals surface area contributed by atoms with E-state index < -0.39 is 22.9 Å². The Bertz CT molecular complexity index is 2460. The van der Waals surface area contributed by atoms with Crippen LogP contribution in [0.3, 0.4) is 0 Å². The lowest BCUT2D eigenvalue weighted by atomic mass is 9.97. The van der Waals surface area contributed by atoms with Crippen LogP contribution in [0.4, 0.5) is 25.5 Å². The number of hydrogen-bond acceptors (Lipinski definition) is 20. The molecule has 10 rings (SSSR count). The second-order valence-corrected chi connectivity index (χ2v) is 24.4. The molecule has 1 aromatic carbocycles. The summed E-state index contributed by atoms with van der Waals surface area (Å²) in [6, 6.07) is 2.93. The van der Waals surface area contributed by atoms with Gasteiger partial charge < -0.3 is 68.0 Å². The van der Waals surface area contributed by atoms with Crippen molar-refractivity contribution in [1.82, 2.24) is 49.6 Å². The number of carbonyl (C=O) groups excluding carboxylic acids is 4. The second-order valence-electron chi connectivity index (χ2n) is 24.4. The van der Waals surface area contributed by atoms with E-state index in [1.165, 1.54) is 41.5 Å². The highest BCUT2D eigenvalue weighted by molar-refractivity contribution is 6.03. The fourth-order valence-electron chi connectivity index (χ4n) is 9.99. The molecule has 0 aliphatic carbocycles. The van der Waals surface area contributed by atoms with Crippen LogP contribution in [0.1, 0.15) is 52.0 Å². The van der Waals surface area contributed by atoms with E-state index in [4.69, 9.17) is 37.9 Å². The van der Waals surface area contributed by atoms with Crippen LogP contribution in [-0.2, 0) is 49.7 Å². The number of amides is 3. The molecular formula is C57H91FN12O12. The number of carbonyl (C=O) groups is 4. The lowest BCUT2D eigenvalue weighted by Gasteiger charge is -2.46. The van der Waals surface area contributed by atoms with Crippen molar-refractivity contribution < 1.29 is 61.5 Å². The quantitative estimate of drug-likeness (QED) is 0.109. The minimum atomic E-state index is -0.491. The van der Waals surface area contributed by atoms with Crippen molar-refractivity contribution in [3.63, 3.8) is 0 Å². The van der Waals surface area contributed by atoms with Crippen LogP contribution in [0.25, 0.3) is 10.9 Å². The highest BCUT2D eigenvalue weighted by atomic mass is 19.1. The largest absolute Gasteiger partial charge is 0.444 e. The third kappa shape index (κ3) is 20.3. The molecule has 7 aliphatic rings. The van der Waals surface area contributed by atoms with Gasteiger partial charge in [0.2, 0.25) is 0 Å². The average Bonchev–Trinajstić information content (AvgIpc) is 3.89. The highest BCUT2D eigenvalue weighted by Gasteiger charge is 2.39. The number of aromatic nitrogens is 4. The molecule has 24 nitrogen and oxygen atoms in total. The summed E-state index contributed by atoms with van der Waals surface area (Å²) in [5.41, 5.74) is -0.0818. The number of fused-ring (bicyclic) bond motifs is 1. The molecule has 7 fully saturated rings. The monoisotopic (exact) mass is 1150 g/mol. The van der Waals surface area contributed by atoms with E-state index in [9.17, 15) is 23.6 Å². The number of halogens is 1. The molecule has 25 heteroatoms. The summed E-state index contributed by atoms with van der Waals surface area (Å²) >= 11 is 0. The standard InChI is InChI=1S/C23H28FN7O3.C15H28N2O4.C10H20N2O2.C9H15NO3/c1-29-12-16-5-17(6-19(24)22(16)28-29)27-23(32)20-7-26-21(8-25-20)31-10-15(11-31)9-30-13-18(14-30)34-4-3-33-2;1-15(2,3)21-14(18)17-8-12(9-17)7-16-10-13(11-16)20-6-5-19-4;1-13-2-3-14-10-7-12(8-10)6-9-4-11-5-9;1-9(2,3)13-8(12)10-4-7(5-10)6-11/h5-8,12,15,18H,3-4,9-11,13-14H2,1-2H3,(H,27,32);12-13H,5-11H2,1-4H3;9-11H,2-8H2,1H3;6-7H,4-5H2,1-3H3. The molecule has 0 atom stereocenters. The third-order valence-electron chi connectivity index (χ3n) is 14.6. The van der Waals surface area contributed by atoms with Gasteiger partial charge in [0, 0.05) is 169 Å². The zero-order valence-electron chi connectivity index (χ0n) is 50.0. The fourth-order valence-corrected chi connectivity index (χ4v) is 9.99. The maximum absolute atomic E-state index is 14.2. The fraction of sp³-hybridized carbons (Fsp3) is 0.737. The summed E-state index contributed by atoms with van der Waals surface area (Å²) < 4.78 is 58.1. The van der Waals surface area contributed by atoms with Gasteiger partial charge in [-0.25, -0.2) is 23.9 Å². The SMILES string of the molecule is CC(C)(C)OC(=O)N1CC(C=O)C1.COCCOC1CN(CC2CN(C(=O)OC(C)(C)C)C2)C1.COCCOC1CN(CC2CN(c3cnc(C(=O)Nc4cc(F)c5nn(C)cc5c4)cn3)C2)C1.COCCOC1CN(CC2CNC2)C1. The number of ether oxygens (including phenoxy) is 8. The van der Waals surface area contributed by atoms with E-state index in [2.05, 4.69) is 45.3 Å². The Balaban J connectivity index is 0.000000172. The van der Waals surface area contributed by atoms with E-state index in [-0.39, 0.29) is 29.3 Å². The van der Waals surface area contributed by atoms with Crippen molar-refractivity contribution in [3.05, 3.63) is 42.2 Å². The second kappa shape index (κ2) is 30.5. The molecule has 3 amide bonds. The van der Waals surface area contributed by atoms with E-state index in [1.54, 1.807) is 51.7 Å². The molecule has 7 saturated heterocycles. The summed E-state index contributed by atoms with van der Waals surface area (Å²) in [5.74, 6) is 1.86. The summed E-state index contributed by atoms with van der Waals surface area (Å²) in [4.78, 5) is 67.3. The van der Waals surface area contributed by atoms with Gasteiger partial charge in [-0.3, -0.25) is 24.2 Å². The number of rotatable bonds is 22. The van der Waals surface area contributed by atoms with Crippen LogP contribution in [0.2, 0.25) is 0 Å². The lowest BCUT2D eigenvalue weighted by molar-refractivity contribution is -0.115. The molecular weight excluding hydrogens is 1060 g/mol. The van der Waals surface area contributed by atoms with Gasteiger partial charge >= 0.3 is 12.2 Å². The van der Waals surface area contributed by atoms with Crippen LogP contribution in [0.15, 0.2) is 30.7 Å². The molecule has 0 spiro atoms. The molecule has 2 N–H and O–H groups in total. The first-order valence-electron chi connectivity index (χ1n) is 28.8. The first-order valence-corrected chi connectivity index (χ1v) is 28.8. The Kier molecular flexibility index (Phi) is 24.0. The van der Waals surface area contributed by atoms with Gasteiger partial charge in [0.15, 0.2) is 5.82 Å². The molecule has 2 aromatic heterocycles. The third-order valence-corrected chi connectivity index (χ3v) is 14.6. The Labute approximate surface area is 482 Å². The van der Waals surface area contributed by atoms with Crippen molar-refractivity contribution in [3.8, 4) is 0 Å². The first kappa shape index (κ1) is 64.3. The number of benzene rings is 1. The number of aryl methyl sites for hydroxylation is 1. The van der Waals surface area contributed by atoms with Crippen molar-refractivity contribution >= 4 is 46.8 Å². The topological polar surface area (TPSA) is 229 Å². The minimum Gasteiger partial charge on any atom is -0.444 e. The van der Waals surface area contributed by atoms with Gasteiger partial charge in [-0.05, 0) is 59.6 Å². The number of nitrogens with zero attached hydrogens (tertiary/aromatic N) is 10. The van der Waals surface area contributed by atoms with Gasteiger partial charge in [-0.2, -0.15) is 5.10 Å². The molecule has 0 saturated carbocycles. The Hall–Kier alpha value is -5.22. The zero-order chi connectivity index (χ0) is 59.0. The highest BCUT2D eigenvalue weighted by Crippen LogP contribution is 2.27. The number of methoxy groups -OCH3 is 3. The van der Waals surface area contributed by atoms with Crippen LogP contribution < -0.4 is 15.5 Å². The lowest BCUT2D eigenvalue weighted by Crippen LogP contribution is -2.60. The molecule has 0 unspecified atom stereocenters. The van der Waals surface area contributed by atoms with E-state index >= 15 is 0 Å². The number of aldehydes is 1. The molecule has 0 bridgehead atoms. The summed E-state index contributed by atoms with van der Waals surface area (Å²) in [6.45, 7) is 31.5. The minimum absolute atomic E-state index is 0.00696. The van der Waals surface area contributed by atoms with E-state index in [0.717, 1.165) is 103 Å². The number of anilines is 2.